The monoisotopic (exact) mass is 448 g/mol. The van der Waals surface area contributed by atoms with E-state index < -0.39 is 0 Å². The lowest BCUT2D eigenvalue weighted by molar-refractivity contribution is 0.347. The van der Waals surface area contributed by atoms with Gasteiger partial charge >= 0.3 is 0 Å². The summed E-state index contributed by atoms with van der Waals surface area (Å²) in [6.07, 6.45) is 5.93. The average Bonchev–Trinajstić information content (AvgIpc) is 2.88. The SMILES string of the molecule is c1ccc2c(c1)c1cc3ccc(cc32)[C@H]2CC[C@H]2c2ccc3cc(c4ccccc4c3c2)CCC1. The molecule has 0 aliphatic heterocycles. The number of rotatable bonds is 0. The van der Waals surface area contributed by atoms with Gasteiger partial charge < -0.3 is 0 Å². The van der Waals surface area contributed by atoms with Crippen molar-refractivity contribution in [3.63, 3.8) is 0 Å². The Bertz CT molecular complexity index is 1650. The van der Waals surface area contributed by atoms with Crippen LogP contribution in [0.5, 0.6) is 0 Å². The molecule has 0 radical (unpaired) electrons. The Morgan fingerprint density at radius 2 is 0.886 bits per heavy atom. The van der Waals surface area contributed by atoms with E-state index in [0.29, 0.717) is 11.8 Å². The van der Waals surface area contributed by atoms with Gasteiger partial charge in [0, 0.05) is 0 Å². The maximum Gasteiger partial charge on any atom is -0.00926 e. The summed E-state index contributed by atoms with van der Waals surface area (Å²) < 4.78 is 0. The highest BCUT2D eigenvalue weighted by Gasteiger charge is 2.33. The van der Waals surface area contributed by atoms with Crippen molar-refractivity contribution in [2.24, 2.45) is 0 Å². The third-order valence-corrected chi connectivity index (χ3v) is 8.96. The molecule has 168 valence electrons. The molecule has 6 aromatic rings. The summed E-state index contributed by atoms with van der Waals surface area (Å²) in [4.78, 5) is 0. The van der Waals surface area contributed by atoms with Gasteiger partial charge in [-0.25, -0.2) is 0 Å². The summed E-state index contributed by atoms with van der Waals surface area (Å²) in [6, 6.07) is 37.7. The minimum atomic E-state index is 0.608. The molecule has 35 heavy (non-hydrogen) atoms. The standard InChI is InChI=1S/C35H28/c1-3-10-32-28(8-1)22-6-5-7-23-19-25-13-15-27(21-35(25)33-11-4-2-9-29(23)33)31-17-16-30(31)26-14-12-24(18-22)34(32)20-26/h1-4,8-15,18-21,30-31H,5-7,16-17H2/t30-,31+. The molecule has 0 heterocycles. The predicted octanol–water partition coefficient (Wildman–Crippen LogP) is 9.45. The highest BCUT2D eigenvalue weighted by molar-refractivity contribution is 6.10. The highest BCUT2D eigenvalue weighted by atomic mass is 14.4. The van der Waals surface area contributed by atoms with E-state index in [0.717, 1.165) is 19.3 Å². The minimum absolute atomic E-state index is 0.608. The highest BCUT2D eigenvalue weighted by Crippen LogP contribution is 2.50. The van der Waals surface area contributed by atoms with Crippen molar-refractivity contribution in [1.82, 2.24) is 0 Å². The van der Waals surface area contributed by atoms with Crippen molar-refractivity contribution in [3.05, 3.63) is 119 Å². The van der Waals surface area contributed by atoms with Crippen LogP contribution < -0.4 is 0 Å². The van der Waals surface area contributed by atoms with E-state index in [1.165, 1.54) is 78.2 Å². The molecular weight excluding hydrogens is 420 g/mol. The fourth-order valence-electron chi connectivity index (χ4n) is 7.04. The molecule has 0 saturated heterocycles. The van der Waals surface area contributed by atoms with Gasteiger partial charge in [0.15, 0.2) is 0 Å². The molecule has 0 aromatic heterocycles. The Labute approximate surface area is 206 Å². The van der Waals surface area contributed by atoms with Gasteiger partial charge in [-0.1, -0.05) is 97.1 Å². The third kappa shape index (κ3) is 2.93. The van der Waals surface area contributed by atoms with Gasteiger partial charge in [0.25, 0.3) is 0 Å². The van der Waals surface area contributed by atoms with Crippen LogP contribution in [0.15, 0.2) is 97.1 Å². The quantitative estimate of drug-likeness (QED) is 0.203. The van der Waals surface area contributed by atoms with Gasteiger partial charge in [-0.3, -0.25) is 0 Å². The molecule has 1 saturated carbocycles. The second-order valence-corrected chi connectivity index (χ2v) is 10.8. The van der Waals surface area contributed by atoms with E-state index in [4.69, 9.17) is 0 Å². The normalized spacial score (nSPS) is 19.4. The van der Waals surface area contributed by atoms with E-state index in [2.05, 4.69) is 97.1 Å². The number of aryl methyl sites for hydroxylation is 2. The molecule has 11 rings (SSSR count). The first-order valence-electron chi connectivity index (χ1n) is 13.2. The molecule has 1 fully saturated rings. The molecule has 6 aromatic carbocycles. The van der Waals surface area contributed by atoms with Crippen molar-refractivity contribution >= 4 is 43.1 Å². The summed E-state index contributed by atoms with van der Waals surface area (Å²) in [7, 11) is 0. The van der Waals surface area contributed by atoms with E-state index >= 15 is 0 Å². The van der Waals surface area contributed by atoms with Gasteiger partial charge in [0.2, 0.25) is 0 Å². The zero-order chi connectivity index (χ0) is 22.9. The van der Waals surface area contributed by atoms with Crippen LogP contribution in [-0.4, -0.2) is 0 Å². The molecule has 0 unspecified atom stereocenters. The molecular formula is C35H28. The zero-order valence-corrected chi connectivity index (χ0v) is 19.9. The first-order chi connectivity index (χ1) is 17.3. The van der Waals surface area contributed by atoms with Crippen LogP contribution in [0.25, 0.3) is 43.1 Å². The van der Waals surface area contributed by atoms with Crippen LogP contribution >= 0.6 is 0 Å². The smallest absolute Gasteiger partial charge is 0.00926 e. The summed E-state index contributed by atoms with van der Waals surface area (Å²) in [5, 5.41) is 11.3. The Balaban J connectivity index is 1.41. The lowest BCUT2D eigenvalue weighted by atomic mass is 9.66. The zero-order valence-electron chi connectivity index (χ0n) is 19.9. The van der Waals surface area contributed by atoms with Crippen LogP contribution in [0, 0.1) is 0 Å². The summed E-state index contributed by atoms with van der Waals surface area (Å²) in [6.45, 7) is 0. The van der Waals surface area contributed by atoms with Crippen molar-refractivity contribution in [2.75, 3.05) is 0 Å². The lowest BCUT2D eigenvalue weighted by Gasteiger charge is -2.38. The van der Waals surface area contributed by atoms with Crippen LogP contribution in [-0.2, 0) is 12.8 Å². The predicted molar refractivity (Wildman–Crippen MR) is 150 cm³/mol. The fourth-order valence-corrected chi connectivity index (χ4v) is 7.04. The van der Waals surface area contributed by atoms with Gasteiger partial charge in [-0.15, -0.1) is 0 Å². The maximum atomic E-state index is 2.51. The summed E-state index contributed by atoms with van der Waals surface area (Å²) >= 11 is 0. The molecule has 8 bridgehead atoms. The Kier molecular flexibility index (Phi) is 4.17. The number of hydrogen-bond donors (Lipinski definition) is 0. The van der Waals surface area contributed by atoms with Gasteiger partial charge in [-0.2, -0.15) is 0 Å². The minimum Gasteiger partial charge on any atom is -0.0616 e. The summed E-state index contributed by atoms with van der Waals surface area (Å²) in [5.41, 5.74) is 5.99. The van der Waals surface area contributed by atoms with Crippen LogP contribution in [0.1, 0.15) is 53.4 Å². The number of hydrogen-bond acceptors (Lipinski definition) is 0. The van der Waals surface area contributed by atoms with E-state index in [1.54, 1.807) is 0 Å². The molecule has 0 spiro atoms. The lowest BCUT2D eigenvalue weighted by Crippen LogP contribution is -2.21. The van der Waals surface area contributed by atoms with Crippen molar-refractivity contribution in [2.45, 2.75) is 43.9 Å². The molecule has 0 amide bonds. The molecule has 2 atom stereocenters. The average molecular weight is 449 g/mol. The largest absolute Gasteiger partial charge is 0.0616 e. The molecule has 0 heteroatoms. The van der Waals surface area contributed by atoms with E-state index in [-0.39, 0.29) is 0 Å². The Morgan fingerprint density at radius 3 is 1.34 bits per heavy atom. The molecule has 0 nitrogen and oxygen atoms in total. The maximum absolute atomic E-state index is 2.51. The van der Waals surface area contributed by atoms with Crippen molar-refractivity contribution in [1.29, 1.82) is 0 Å². The first-order valence-corrected chi connectivity index (χ1v) is 13.2. The van der Waals surface area contributed by atoms with Crippen molar-refractivity contribution < 1.29 is 0 Å². The van der Waals surface area contributed by atoms with Gasteiger partial charge in [0.1, 0.15) is 0 Å². The second-order valence-electron chi connectivity index (χ2n) is 10.8. The van der Waals surface area contributed by atoms with Gasteiger partial charge in [-0.05, 0) is 109 Å². The van der Waals surface area contributed by atoms with E-state index in [9.17, 15) is 0 Å². The molecule has 5 aliphatic rings. The van der Waals surface area contributed by atoms with Crippen molar-refractivity contribution in [3.8, 4) is 0 Å². The van der Waals surface area contributed by atoms with Crippen LogP contribution in [0.3, 0.4) is 0 Å². The Morgan fingerprint density at radius 1 is 0.429 bits per heavy atom. The summed E-state index contributed by atoms with van der Waals surface area (Å²) in [5.74, 6) is 1.22. The van der Waals surface area contributed by atoms with Crippen LogP contribution in [0.2, 0.25) is 0 Å². The Hall–Kier alpha value is -3.64. The fraction of sp³-hybridized carbons (Fsp3) is 0.200. The van der Waals surface area contributed by atoms with Gasteiger partial charge in [0.05, 0.1) is 0 Å². The third-order valence-electron chi connectivity index (χ3n) is 8.96. The first kappa shape index (κ1) is 19.6. The van der Waals surface area contributed by atoms with Crippen LogP contribution in [0.4, 0.5) is 0 Å². The van der Waals surface area contributed by atoms with E-state index in [1.807, 2.05) is 0 Å². The molecule has 5 aliphatic carbocycles. The number of benzene rings is 6. The topological polar surface area (TPSA) is 0 Å². The second kappa shape index (κ2) is 7.43. The molecule has 0 N–H and O–H groups in total.